The van der Waals surface area contributed by atoms with Crippen molar-refractivity contribution < 1.29 is 38.3 Å². The van der Waals surface area contributed by atoms with E-state index in [2.05, 4.69) is 10.6 Å². The van der Waals surface area contributed by atoms with E-state index in [1.165, 1.54) is 49.6 Å². The third kappa shape index (κ3) is 9.05. The van der Waals surface area contributed by atoms with Crippen LogP contribution in [-0.4, -0.2) is 49.0 Å². The fourth-order valence-electron chi connectivity index (χ4n) is 2.83. The van der Waals surface area contributed by atoms with E-state index in [9.17, 15) is 29.3 Å². The summed E-state index contributed by atoms with van der Waals surface area (Å²) < 4.78 is 14.9. The molecule has 0 bridgehead atoms. The monoisotopic (exact) mass is 501 g/mol. The van der Waals surface area contributed by atoms with Crippen LogP contribution in [0.1, 0.15) is 43.0 Å². The smallest absolute Gasteiger partial charge is 0.338 e. The lowest BCUT2D eigenvalue weighted by molar-refractivity contribution is -0.383. The second-order valence-corrected chi connectivity index (χ2v) is 7.46. The third-order valence-corrected chi connectivity index (χ3v) is 4.73. The zero-order chi connectivity index (χ0) is 26.5. The second kappa shape index (κ2) is 14.0. The zero-order valence-corrected chi connectivity index (χ0v) is 19.9. The summed E-state index contributed by atoms with van der Waals surface area (Å²) in [7, 11) is 1.37. The predicted octanol–water partition coefficient (Wildman–Crippen LogP) is 3.46. The highest BCUT2D eigenvalue weighted by Crippen LogP contribution is 2.28. The molecule has 0 saturated heterocycles. The van der Waals surface area contributed by atoms with Gasteiger partial charge < -0.3 is 24.8 Å². The van der Waals surface area contributed by atoms with Gasteiger partial charge in [-0.1, -0.05) is 13.3 Å². The molecule has 0 heterocycles. The van der Waals surface area contributed by atoms with E-state index < -0.39 is 35.3 Å². The molecule has 0 unspecified atom stereocenters. The van der Waals surface area contributed by atoms with Crippen molar-refractivity contribution in [3.05, 3.63) is 58.1 Å². The van der Waals surface area contributed by atoms with E-state index in [4.69, 9.17) is 14.2 Å². The summed E-state index contributed by atoms with van der Waals surface area (Å²) in [6.45, 7) is 1.64. The van der Waals surface area contributed by atoms with Gasteiger partial charge in [-0.25, -0.2) is 4.79 Å². The zero-order valence-electron chi connectivity index (χ0n) is 19.9. The van der Waals surface area contributed by atoms with Gasteiger partial charge in [0.05, 0.1) is 30.6 Å². The van der Waals surface area contributed by atoms with Crippen molar-refractivity contribution in [2.24, 2.45) is 0 Å². The first kappa shape index (κ1) is 27.8. The van der Waals surface area contributed by atoms with Crippen LogP contribution in [0.4, 0.5) is 17.1 Å². The van der Waals surface area contributed by atoms with Gasteiger partial charge in [0.25, 0.3) is 11.6 Å². The summed E-state index contributed by atoms with van der Waals surface area (Å²) in [5.74, 6) is -2.22. The van der Waals surface area contributed by atoms with Gasteiger partial charge in [-0.05, 0) is 36.8 Å². The highest BCUT2D eigenvalue weighted by atomic mass is 16.6. The number of nitro benzene ring substituents is 1. The number of nitrogens with one attached hydrogen (secondary N) is 2. The number of benzene rings is 2. The molecule has 0 saturated carbocycles. The number of nitro groups is 1. The maximum Gasteiger partial charge on any atom is 0.338 e. The number of unbranched alkanes of at least 4 members (excludes halogenated alkanes) is 1. The van der Waals surface area contributed by atoms with E-state index in [1.807, 2.05) is 6.92 Å². The number of rotatable bonds is 13. The molecule has 2 aromatic carbocycles. The number of carbonyl (C=O) groups excluding carboxylic acids is 4. The fourth-order valence-corrected chi connectivity index (χ4v) is 2.83. The highest BCUT2D eigenvalue weighted by molar-refractivity contribution is 5.96. The van der Waals surface area contributed by atoms with Crippen LogP contribution in [0.5, 0.6) is 5.75 Å². The van der Waals surface area contributed by atoms with Crippen LogP contribution in [0.3, 0.4) is 0 Å². The van der Waals surface area contributed by atoms with Gasteiger partial charge in [-0.2, -0.15) is 0 Å². The van der Waals surface area contributed by atoms with Crippen molar-refractivity contribution in [2.75, 3.05) is 31.0 Å². The quantitative estimate of drug-likeness (QED) is 0.181. The standard InChI is InChI=1S/C24H27N3O9/c1-3-4-13-35-24(31)16-5-7-17(8-6-16)25-21(28)11-12-23(30)36-15-22(29)26-19-14-18(34-2)9-10-20(19)27(32)33/h5-10,14H,3-4,11-13,15H2,1-2H3,(H,25,28)(H,26,29). The maximum atomic E-state index is 12.1. The Hall–Kier alpha value is -4.48. The van der Waals surface area contributed by atoms with Crippen LogP contribution in [0, 0.1) is 10.1 Å². The highest BCUT2D eigenvalue weighted by Gasteiger charge is 2.18. The molecule has 0 spiro atoms. The number of amides is 2. The van der Waals surface area contributed by atoms with Gasteiger partial charge in [-0.15, -0.1) is 0 Å². The minimum Gasteiger partial charge on any atom is -0.497 e. The number of anilines is 2. The number of esters is 2. The molecule has 36 heavy (non-hydrogen) atoms. The molecule has 0 aliphatic heterocycles. The summed E-state index contributed by atoms with van der Waals surface area (Å²) in [5, 5.41) is 16.0. The van der Waals surface area contributed by atoms with Gasteiger partial charge in [0.1, 0.15) is 11.4 Å². The molecule has 0 aromatic heterocycles. The lowest BCUT2D eigenvalue weighted by Crippen LogP contribution is -2.22. The Balaban J connectivity index is 1.76. The number of hydrogen-bond acceptors (Lipinski definition) is 9. The van der Waals surface area contributed by atoms with Crippen LogP contribution in [0.2, 0.25) is 0 Å². The summed E-state index contributed by atoms with van der Waals surface area (Å²) in [4.78, 5) is 58.4. The Morgan fingerprint density at radius 3 is 2.31 bits per heavy atom. The van der Waals surface area contributed by atoms with Gasteiger partial charge in [0, 0.05) is 24.2 Å². The average Bonchev–Trinajstić information content (AvgIpc) is 2.86. The lowest BCUT2D eigenvalue weighted by atomic mass is 10.2. The van der Waals surface area contributed by atoms with Crippen LogP contribution in [-0.2, 0) is 23.9 Å². The molecule has 2 amide bonds. The molecule has 2 rings (SSSR count). The molecule has 0 aliphatic carbocycles. The molecule has 12 nitrogen and oxygen atoms in total. The summed E-state index contributed by atoms with van der Waals surface area (Å²) in [6.07, 6.45) is 1.19. The van der Waals surface area contributed by atoms with Crippen molar-refractivity contribution in [3.63, 3.8) is 0 Å². The Morgan fingerprint density at radius 2 is 1.67 bits per heavy atom. The van der Waals surface area contributed by atoms with Crippen LogP contribution in [0.25, 0.3) is 0 Å². The van der Waals surface area contributed by atoms with E-state index in [0.29, 0.717) is 23.6 Å². The first-order chi connectivity index (χ1) is 17.2. The van der Waals surface area contributed by atoms with Crippen LogP contribution in [0.15, 0.2) is 42.5 Å². The normalized spacial score (nSPS) is 10.2. The van der Waals surface area contributed by atoms with Crippen molar-refractivity contribution in [2.45, 2.75) is 32.6 Å². The number of hydrogen-bond donors (Lipinski definition) is 2. The Kier molecular flexibility index (Phi) is 10.8. The Morgan fingerprint density at radius 1 is 0.944 bits per heavy atom. The van der Waals surface area contributed by atoms with E-state index in [1.54, 1.807) is 0 Å². The van der Waals surface area contributed by atoms with E-state index in [-0.39, 0.29) is 24.2 Å². The van der Waals surface area contributed by atoms with Gasteiger partial charge >= 0.3 is 11.9 Å². The largest absolute Gasteiger partial charge is 0.497 e. The third-order valence-electron chi connectivity index (χ3n) is 4.73. The number of carbonyl (C=O) groups is 4. The van der Waals surface area contributed by atoms with Crippen LogP contribution >= 0.6 is 0 Å². The minimum atomic E-state index is -0.800. The molecule has 2 N–H and O–H groups in total. The van der Waals surface area contributed by atoms with Crippen molar-refractivity contribution in [1.82, 2.24) is 0 Å². The summed E-state index contributed by atoms with van der Waals surface area (Å²) >= 11 is 0. The Labute approximate surface area is 207 Å². The van der Waals surface area contributed by atoms with Gasteiger partial charge in [0.2, 0.25) is 5.91 Å². The molecule has 0 radical (unpaired) electrons. The van der Waals surface area contributed by atoms with Gasteiger partial charge in [0.15, 0.2) is 6.61 Å². The number of ether oxygens (including phenoxy) is 3. The first-order valence-electron chi connectivity index (χ1n) is 11.1. The summed E-state index contributed by atoms with van der Waals surface area (Å²) in [6, 6.07) is 9.92. The van der Waals surface area contributed by atoms with Gasteiger partial charge in [-0.3, -0.25) is 24.5 Å². The maximum absolute atomic E-state index is 12.1. The van der Waals surface area contributed by atoms with Crippen molar-refractivity contribution >= 4 is 40.8 Å². The lowest BCUT2D eigenvalue weighted by Gasteiger charge is -2.09. The topological polar surface area (TPSA) is 163 Å². The number of nitrogens with zero attached hydrogens (tertiary/aromatic N) is 1. The predicted molar refractivity (Wildman–Crippen MR) is 129 cm³/mol. The molecule has 0 aliphatic rings. The molecule has 12 heteroatoms. The minimum absolute atomic E-state index is 0.111. The van der Waals surface area contributed by atoms with Crippen LogP contribution < -0.4 is 15.4 Å². The molecular formula is C24H27N3O9. The fraction of sp³-hybridized carbons (Fsp3) is 0.333. The van der Waals surface area contributed by atoms with E-state index in [0.717, 1.165) is 12.8 Å². The molecular weight excluding hydrogens is 474 g/mol. The molecule has 192 valence electrons. The SMILES string of the molecule is CCCCOC(=O)c1ccc(NC(=O)CCC(=O)OCC(=O)Nc2cc(OC)ccc2[N+](=O)[O-])cc1. The molecule has 2 aromatic rings. The first-order valence-corrected chi connectivity index (χ1v) is 11.1. The number of methoxy groups -OCH3 is 1. The molecule has 0 atom stereocenters. The van der Waals surface area contributed by atoms with Crippen molar-refractivity contribution in [3.8, 4) is 5.75 Å². The summed E-state index contributed by atoms with van der Waals surface area (Å²) in [5.41, 5.74) is 0.316. The second-order valence-electron chi connectivity index (χ2n) is 7.46. The molecule has 0 fully saturated rings. The van der Waals surface area contributed by atoms with Crippen molar-refractivity contribution in [1.29, 1.82) is 0 Å². The van der Waals surface area contributed by atoms with E-state index >= 15 is 0 Å². The Bertz CT molecular complexity index is 1100. The average molecular weight is 501 g/mol.